The van der Waals surface area contributed by atoms with Crippen LogP contribution in [-0.2, 0) is 25.4 Å². The Labute approximate surface area is 120 Å². The number of hydrogen-bond donors (Lipinski definition) is 0. The molecular weight excluding hydrogens is 316 g/mol. The molecule has 2 aromatic heterocycles. The van der Waals surface area contributed by atoms with Crippen molar-refractivity contribution in [3.05, 3.63) is 34.1 Å². The summed E-state index contributed by atoms with van der Waals surface area (Å²) < 4.78 is 5.18. The first kappa shape index (κ1) is 13.6. The van der Waals surface area contributed by atoms with Gasteiger partial charge in [0.2, 0.25) is 0 Å². The van der Waals surface area contributed by atoms with Gasteiger partial charge in [-0.25, -0.2) is 4.98 Å². The average Bonchev–Trinajstić information content (AvgIpc) is 2.95. The van der Waals surface area contributed by atoms with Crippen molar-refractivity contribution in [3.8, 4) is 0 Å². The molecule has 0 aliphatic rings. The second-order valence-corrected chi connectivity index (χ2v) is 5.04. The number of imidazole rings is 1. The summed E-state index contributed by atoms with van der Waals surface area (Å²) in [6.45, 7) is 5.80. The fraction of sp³-hybridized carbons (Fsp3) is 0.500. The van der Waals surface area contributed by atoms with Gasteiger partial charge in [0.05, 0.1) is 28.3 Å². The second kappa shape index (κ2) is 5.89. The van der Waals surface area contributed by atoms with Crippen LogP contribution in [0.15, 0.2) is 16.9 Å². The number of aromatic nitrogens is 4. The van der Waals surface area contributed by atoms with Gasteiger partial charge in [-0.2, -0.15) is 5.10 Å². The molecule has 2 rings (SSSR count). The first-order valence-electron chi connectivity index (χ1n) is 6.01. The summed E-state index contributed by atoms with van der Waals surface area (Å²) >= 11 is 9.51. The van der Waals surface area contributed by atoms with E-state index in [0.717, 1.165) is 35.5 Å². The third-order valence-electron chi connectivity index (χ3n) is 2.94. The number of aryl methyl sites for hydroxylation is 2. The highest BCUT2D eigenvalue weighted by atomic mass is 79.9. The largest absolute Gasteiger partial charge is 0.328 e. The first-order valence-corrected chi connectivity index (χ1v) is 7.34. The first-order chi connectivity index (χ1) is 8.71. The Morgan fingerprint density at radius 3 is 2.78 bits per heavy atom. The molecule has 0 radical (unpaired) electrons. The van der Waals surface area contributed by atoms with Gasteiger partial charge in [0.1, 0.15) is 5.82 Å². The highest BCUT2D eigenvalue weighted by molar-refractivity contribution is 9.10. The standard InChI is InChI=1S/C12H16BrClN4/c1-3-9-12(13)10(18(4-2)16-9)8-17-6-5-15-11(17)7-14/h5-6H,3-4,7-8H2,1-2H3. The summed E-state index contributed by atoms with van der Waals surface area (Å²) in [5.41, 5.74) is 2.26. The predicted octanol–water partition coefficient (Wildman–Crippen LogP) is 3.21. The van der Waals surface area contributed by atoms with Crippen LogP contribution >= 0.6 is 27.5 Å². The maximum absolute atomic E-state index is 5.87. The van der Waals surface area contributed by atoms with Crippen LogP contribution in [0.3, 0.4) is 0 Å². The topological polar surface area (TPSA) is 35.6 Å². The normalized spacial score (nSPS) is 11.1. The summed E-state index contributed by atoms with van der Waals surface area (Å²) in [6, 6.07) is 0. The van der Waals surface area contributed by atoms with Gasteiger partial charge >= 0.3 is 0 Å². The molecule has 0 aliphatic heterocycles. The Balaban J connectivity index is 2.36. The lowest BCUT2D eigenvalue weighted by molar-refractivity contribution is 0.589. The van der Waals surface area contributed by atoms with E-state index in [1.54, 1.807) is 6.20 Å². The molecule has 0 fully saturated rings. The Kier molecular flexibility index (Phi) is 4.45. The van der Waals surface area contributed by atoms with Crippen LogP contribution in [0.2, 0.25) is 0 Å². The maximum atomic E-state index is 5.87. The molecule has 0 aliphatic carbocycles. The van der Waals surface area contributed by atoms with Crippen molar-refractivity contribution in [2.75, 3.05) is 0 Å². The van der Waals surface area contributed by atoms with E-state index in [1.165, 1.54) is 5.69 Å². The van der Waals surface area contributed by atoms with E-state index in [-0.39, 0.29) is 0 Å². The van der Waals surface area contributed by atoms with Gasteiger partial charge in [-0.15, -0.1) is 11.6 Å². The van der Waals surface area contributed by atoms with E-state index < -0.39 is 0 Å². The van der Waals surface area contributed by atoms with Crippen molar-refractivity contribution in [1.29, 1.82) is 0 Å². The van der Waals surface area contributed by atoms with Crippen LogP contribution < -0.4 is 0 Å². The van der Waals surface area contributed by atoms with Gasteiger partial charge in [0.15, 0.2) is 0 Å². The molecule has 0 aromatic carbocycles. The molecular formula is C12H16BrClN4. The third kappa shape index (κ3) is 2.47. The molecule has 0 saturated heterocycles. The molecule has 0 bridgehead atoms. The van der Waals surface area contributed by atoms with Gasteiger partial charge in [-0.05, 0) is 29.3 Å². The lowest BCUT2D eigenvalue weighted by Crippen LogP contribution is -2.09. The minimum atomic E-state index is 0.422. The lowest BCUT2D eigenvalue weighted by Gasteiger charge is -2.08. The number of alkyl halides is 1. The molecule has 0 spiro atoms. The zero-order valence-corrected chi connectivity index (χ0v) is 12.9. The highest BCUT2D eigenvalue weighted by Crippen LogP contribution is 2.23. The van der Waals surface area contributed by atoms with Crippen LogP contribution in [0.25, 0.3) is 0 Å². The number of halogens is 2. The van der Waals surface area contributed by atoms with Gasteiger partial charge in [0, 0.05) is 18.9 Å². The zero-order chi connectivity index (χ0) is 13.1. The molecule has 6 heteroatoms. The molecule has 4 nitrogen and oxygen atoms in total. The van der Waals surface area contributed by atoms with Crippen LogP contribution in [0.4, 0.5) is 0 Å². The molecule has 2 aromatic rings. The highest BCUT2D eigenvalue weighted by Gasteiger charge is 2.15. The van der Waals surface area contributed by atoms with E-state index in [2.05, 4.69) is 44.4 Å². The van der Waals surface area contributed by atoms with Crippen molar-refractivity contribution in [1.82, 2.24) is 19.3 Å². The Morgan fingerprint density at radius 1 is 1.39 bits per heavy atom. The van der Waals surface area contributed by atoms with E-state index in [1.807, 2.05) is 10.9 Å². The lowest BCUT2D eigenvalue weighted by atomic mass is 10.3. The minimum absolute atomic E-state index is 0.422. The maximum Gasteiger partial charge on any atom is 0.123 e. The van der Waals surface area contributed by atoms with E-state index in [9.17, 15) is 0 Å². The van der Waals surface area contributed by atoms with Crippen molar-refractivity contribution < 1.29 is 0 Å². The van der Waals surface area contributed by atoms with E-state index in [0.29, 0.717) is 5.88 Å². The van der Waals surface area contributed by atoms with E-state index >= 15 is 0 Å². The van der Waals surface area contributed by atoms with Crippen molar-refractivity contribution in [3.63, 3.8) is 0 Å². The van der Waals surface area contributed by atoms with Gasteiger partial charge in [-0.1, -0.05) is 6.92 Å². The minimum Gasteiger partial charge on any atom is -0.328 e. The molecule has 0 unspecified atom stereocenters. The van der Waals surface area contributed by atoms with Crippen LogP contribution in [0, 0.1) is 0 Å². The third-order valence-corrected chi connectivity index (χ3v) is 4.09. The van der Waals surface area contributed by atoms with Gasteiger partial charge < -0.3 is 4.57 Å². The number of rotatable bonds is 5. The van der Waals surface area contributed by atoms with Crippen LogP contribution in [0.5, 0.6) is 0 Å². The van der Waals surface area contributed by atoms with Gasteiger partial charge in [0.25, 0.3) is 0 Å². The monoisotopic (exact) mass is 330 g/mol. The van der Waals surface area contributed by atoms with Gasteiger partial charge in [-0.3, -0.25) is 4.68 Å². The average molecular weight is 332 g/mol. The summed E-state index contributed by atoms with van der Waals surface area (Å²) in [7, 11) is 0. The van der Waals surface area contributed by atoms with Crippen molar-refractivity contribution >= 4 is 27.5 Å². The molecule has 0 amide bonds. The number of hydrogen-bond acceptors (Lipinski definition) is 2. The Bertz CT molecular complexity index is 532. The van der Waals surface area contributed by atoms with E-state index in [4.69, 9.17) is 11.6 Å². The molecule has 2 heterocycles. The van der Waals surface area contributed by atoms with Crippen molar-refractivity contribution in [2.24, 2.45) is 0 Å². The second-order valence-electron chi connectivity index (χ2n) is 3.98. The smallest absolute Gasteiger partial charge is 0.123 e. The summed E-state index contributed by atoms with van der Waals surface area (Å²) in [6.07, 6.45) is 4.65. The van der Waals surface area contributed by atoms with Crippen LogP contribution in [-0.4, -0.2) is 19.3 Å². The fourth-order valence-corrected chi connectivity index (χ4v) is 2.86. The number of nitrogens with zero attached hydrogens (tertiary/aromatic N) is 4. The molecule has 0 N–H and O–H groups in total. The fourth-order valence-electron chi connectivity index (χ4n) is 1.94. The predicted molar refractivity (Wildman–Crippen MR) is 75.9 cm³/mol. The van der Waals surface area contributed by atoms with Crippen LogP contribution in [0.1, 0.15) is 31.1 Å². The quantitative estimate of drug-likeness (QED) is 0.789. The summed E-state index contributed by atoms with van der Waals surface area (Å²) in [4.78, 5) is 4.23. The summed E-state index contributed by atoms with van der Waals surface area (Å²) in [5.74, 6) is 1.30. The summed E-state index contributed by atoms with van der Waals surface area (Å²) in [5, 5.41) is 4.59. The SMILES string of the molecule is CCc1nn(CC)c(Cn2ccnc2CCl)c1Br. The Hall–Kier alpha value is -0.810. The Morgan fingerprint density at radius 2 is 2.17 bits per heavy atom. The molecule has 98 valence electrons. The van der Waals surface area contributed by atoms with Crippen molar-refractivity contribution in [2.45, 2.75) is 39.2 Å². The molecule has 18 heavy (non-hydrogen) atoms. The molecule has 0 atom stereocenters. The zero-order valence-electron chi connectivity index (χ0n) is 10.5. The molecule has 0 saturated carbocycles.